The number of carbonyl (C=O) groups is 2. The van der Waals surface area contributed by atoms with E-state index in [0.29, 0.717) is 43.7 Å². The van der Waals surface area contributed by atoms with Crippen LogP contribution in [-0.2, 0) is 4.79 Å². The van der Waals surface area contributed by atoms with Gasteiger partial charge in [0.25, 0.3) is 11.8 Å². The van der Waals surface area contributed by atoms with Crippen LogP contribution in [0.5, 0.6) is 0 Å². The van der Waals surface area contributed by atoms with E-state index in [0.717, 1.165) is 26.7 Å². The van der Waals surface area contributed by atoms with Crippen LogP contribution in [0.2, 0.25) is 0 Å². The van der Waals surface area contributed by atoms with Gasteiger partial charge in [-0.3, -0.25) is 9.59 Å². The highest BCUT2D eigenvalue weighted by molar-refractivity contribution is 9.11. The first kappa shape index (κ1) is 27.0. The Bertz CT molecular complexity index is 1320. The fourth-order valence-electron chi connectivity index (χ4n) is 3.55. The van der Waals surface area contributed by atoms with Crippen molar-refractivity contribution in [1.82, 2.24) is 10.6 Å². The number of nitrogens with two attached hydrogens (primary N) is 2. The number of nitrogens with one attached hydrogen (secondary N) is 2. The Morgan fingerprint density at radius 1 is 0.944 bits per heavy atom. The summed E-state index contributed by atoms with van der Waals surface area (Å²) in [4.78, 5) is 24.6. The molecule has 7 heteroatoms. The van der Waals surface area contributed by atoms with Crippen LogP contribution in [0.15, 0.2) is 64.7 Å². The van der Waals surface area contributed by atoms with Crippen LogP contribution >= 0.6 is 15.9 Å². The van der Waals surface area contributed by atoms with Crippen molar-refractivity contribution in [3.05, 3.63) is 92.5 Å². The molecule has 3 rings (SSSR count). The van der Waals surface area contributed by atoms with E-state index in [1.54, 1.807) is 6.07 Å². The summed E-state index contributed by atoms with van der Waals surface area (Å²) in [5.41, 5.74) is 15.4. The third kappa shape index (κ3) is 8.25. The van der Waals surface area contributed by atoms with Crippen molar-refractivity contribution in [1.29, 1.82) is 0 Å². The average molecular weight is 545 g/mol. The summed E-state index contributed by atoms with van der Waals surface area (Å²) >= 11 is 3.52. The molecule has 6 N–H and O–H groups in total. The average Bonchev–Trinajstić information content (AvgIpc) is 2.87. The monoisotopic (exact) mass is 544 g/mol. The molecule has 2 aromatic rings. The molecule has 6 nitrogen and oxygen atoms in total. The van der Waals surface area contributed by atoms with Crippen LogP contribution in [0.3, 0.4) is 0 Å². The number of hydrogen-bond acceptors (Lipinski definition) is 4. The van der Waals surface area contributed by atoms with Crippen molar-refractivity contribution < 1.29 is 9.59 Å². The number of allylic oxidation sites excluding steroid dienone is 2. The summed E-state index contributed by atoms with van der Waals surface area (Å²) in [7, 11) is 0. The number of benzene rings is 2. The van der Waals surface area contributed by atoms with E-state index in [4.69, 9.17) is 11.5 Å². The first-order chi connectivity index (χ1) is 17.4. The van der Waals surface area contributed by atoms with Gasteiger partial charge in [0, 0.05) is 59.9 Å². The summed E-state index contributed by atoms with van der Waals surface area (Å²) in [6.07, 6.45) is 4.40. The number of aryl methyl sites for hydroxylation is 1. The van der Waals surface area contributed by atoms with Crippen molar-refractivity contribution in [3.63, 3.8) is 0 Å². The van der Waals surface area contributed by atoms with Gasteiger partial charge in [-0.05, 0) is 65.9 Å². The van der Waals surface area contributed by atoms with Crippen molar-refractivity contribution in [2.45, 2.75) is 13.3 Å². The molecule has 0 heterocycles. The molecule has 184 valence electrons. The van der Waals surface area contributed by atoms with Crippen molar-refractivity contribution in [2.24, 2.45) is 17.4 Å². The van der Waals surface area contributed by atoms with Crippen molar-refractivity contribution in [2.75, 3.05) is 26.2 Å². The molecule has 0 spiro atoms. The highest BCUT2D eigenvalue weighted by Crippen LogP contribution is 2.26. The summed E-state index contributed by atoms with van der Waals surface area (Å²) in [6, 6.07) is 13.2. The Labute approximate surface area is 220 Å². The van der Waals surface area contributed by atoms with Gasteiger partial charge >= 0.3 is 0 Å². The van der Waals surface area contributed by atoms with E-state index in [-0.39, 0.29) is 17.7 Å². The second-order valence-corrected chi connectivity index (χ2v) is 9.32. The van der Waals surface area contributed by atoms with E-state index in [1.165, 1.54) is 0 Å². The van der Waals surface area contributed by atoms with E-state index < -0.39 is 0 Å². The number of amides is 2. The maximum absolute atomic E-state index is 12.3. The third-order valence-corrected chi connectivity index (χ3v) is 5.74. The largest absolute Gasteiger partial charge is 0.351 e. The Morgan fingerprint density at radius 2 is 1.61 bits per heavy atom. The third-order valence-electron chi connectivity index (χ3n) is 5.18. The Hall–Kier alpha value is -3.62. The molecule has 2 aromatic carbocycles. The topological polar surface area (TPSA) is 110 Å². The Kier molecular flexibility index (Phi) is 10.1. The molecule has 0 saturated carbocycles. The van der Waals surface area contributed by atoms with Gasteiger partial charge in [0.2, 0.25) is 0 Å². The molecule has 0 aliphatic heterocycles. The molecular formula is C29H29BrN4O2. The van der Waals surface area contributed by atoms with Gasteiger partial charge < -0.3 is 22.1 Å². The van der Waals surface area contributed by atoms with Crippen LogP contribution in [-0.4, -0.2) is 38.0 Å². The zero-order valence-corrected chi connectivity index (χ0v) is 21.7. The first-order valence-electron chi connectivity index (χ1n) is 11.7. The Balaban J connectivity index is 1.76. The predicted octanol–water partition coefficient (Wildman–Crippen LogP) is 2.73. The highest BCUT2D eigenvalue weighted by Gasteiger charge is 2.16. The molecule has 0 aromatic heterocycles. The van der Waals surface area contributed by atoms with Crippen LogP contribution in [0.4, 0.5) is 0 Å². The van der Waals surface area contributed by atoms with Crippen LogP contribution in [0.25, 0.3) is 0 Å². The molecule has 0 radical (unpaired) electrons. The SMILES string of the molecule is Cc1cc(C#Cc2cccc(C#CC3C=C(C(=O)NCCN)C=C(Br)C3)c2)cc(C(=O)NCCN)c1. The van der Waals surface area contributed by atoms with Crippen LogP contribution in [0, 0.1) is 36.5 Å². The lowest BCUT2D eigenvalue weighted by molar-refractivity contribution is -0.117. The predicted molar refractivity (Wildman–Crippen MR) is 147 cm³/mol. The molecule has 1 unspecified atom stereocenters. The number of carbonyl (C=O) groups excluding carboxylic acids is 2. The molecule has 1 aliphatic rings. The summed E-state index contributed by atoms with van der Waals surface area (Å²) in [6.45, 7) is 3.56. The zero-order chi connectivity index (χ0) is 25.9. The van der Waals surface area contributed by atoms with Gasteiger partial charge in [-0.1, -0.05) is 51.8 Å². The van der Waals surface area contributed by atoms with Crippen LogP contribution in [0.1, 0.15) is 39.0 Å². The molecular weight excluding hydrogens is 516 g/mol. The molecule has 0 fully saturated rings. The Morgan fingerprint density at radius 3 is 2.33 bits per heavy atom. The second kappa shape index (κ2) is 13.5. The quantitative estimate of drug-likeness (QED) is 0.419. The normalized spacial score (nSPS) is 14.3. The smallest absolute Gasteiger partial charge is 0.251 e. The van der Waals surface area contributed by atoms with E-state index >= 15 is 0 Å². The minimum Gasteiger partial charge on any atom is -0.351 e. The van der Waals surface area contributed by atoms with Gasteiger partial charge in [-0.15, -0.1) is 0 Å². The lowest BCUT2D eigenvalue weighted by Crippen LogP contribution is -2.30. The molecule has 1 atom stereocenters. The van der Waals surface area contributed by atoms with Crippen LogP contribution < -0.4 is 22.1 Å². The highest BCUT2D eigenvalue weighted by atomic mass is 79.9. The van der Waals surface area contributed by atoms with Gasteiger partial charge in [-0.25, -0.2) is 0 Å². The standard InChI is InChI=1S/C29H29BrN4O2/c1-20-13-23(16-25(14-20)28(35)33-11-9-31)7-5-21-3-2-4-22(15-21)6-8-24-17-26(19-27(30)18-24)29(36)34-12-10-32/h2-4,13-17,19,24H,9-12,18,31-32H2,1H3,(H,33,35)(H,34,36). The second-order valence-electron chi connectivity index (χ2n) is 8.30. The lowest BCUT2D eigenvalue weighted by Gasteiger charge is -2.14. The molecule has 0 bridgehead atoms. The molecule has 1 aliphatic carbocycles. The fourth-order valence-corrected chi connectivity index (χ4v) is 4.15. The summed E-state index contributed by atoms with van der Waals surface area (Å²) in [5.74, 6) is 12.4. The van der Waals surface area contributed by atoms with E-state index in [9.17, 15) is 9.59 Å². The number of hydrogen-bond donors (Lipinski definition) is 4. The number of halogens is 1. The van der Waals surface area contributed by atoms with Crippen molar-refractivity contribution in [3.8, 4) is 23.7 Å². The van der Waals surface area contributed by atoms with Gasteiger partial charge in [0.05, 0.1) is 0 Å². The van der Waals surface area contributed by atoms with Gasteiger partial charge in [0.15, 0.2) is 0 Å². The molecule has 2 amide bonds. The molecule has 36 heavy (non-hydrogen) atoms. The van der Waals surface area contributed by atoms with E-state index in [2.05, 4.69) is 50.2 Å². The fraction of sp³-hybridized carbons (Fsp3) is 0.241. The maximum Gasteiger partial charge on any atom is 0.251 e. The zero-order valence-electron chi connectivity index (χ0n) is 20.2. The van der Waals surface area contributed by atoms with Crippen molar-refractivity contribution >= 4 is 27.7 Å². The minimum atomic E-state index is -0.164. The summed E-state index contributed by atoms with van der Waals surface area (Å²) < 4.78 is 0.927. The minimum absolute atomic E-state index is 0.0890. The summed E-state index contributed by atoms with van der Waals surface area (Å²) in [5, 5.41) is 5.57. The maximum atomic E-state index is 12.3. The molecule has 0 saturated heterocycles. The van der Waals surface area contributed by atoms with Gasteiger partial charge in [-0.2, -0.15) is 0 Å². The van der Waals surface area contributed by atoms with E-state index in [1.807, 2.05) is 55.5 Å². The lowest BCUT2D eigenvalue weighted by atomic mass is 9.95. The number of rotatable bonds is 6. The van der Waals surface area contributed by atoms with Gasteiger partial charge in [0.1, 0.15) is 0 Å². The first-order valence-corrected chi connectivity index (χ1v) is 12.5.